The van der Waals surface area contributed by atoms with E-state index < -0.39 is 16.6 Å². The van der Waals surface area contributed by atoms with E-state index in [0.29, 0.717) is 22.5 Å². The summed E-state index contributed by atoms with van der Waals surface area (Å²) in [4.78, 5) is 17.4. The fourth-order valence-electron chi connectivity index (χ4n) is 2.10. The Labute approximate surface area is 117 Å². The maximum Gasteiger partial charge on any atom is 0.273 e. The van der Waals surface area contributed by atoms with Crippen molar-refractivity contribution in [3.63, 3.8) is 0 Å². The number of hydrogen-bond acceptors (Lipinski definition) is 3. The zero-order valence-corrected chi connectivity index (χ0v) is 10.9. The third-order valence-corrected chi connectivity index (χ3v) is 3.20. The summed E-state index contributed by atoms with van der Waals surface area (Å²) in [6.45, 7) is 1.63. The second-order valence-corrected chi connectivity index (χ2v) is 4.63. The van der Waals surface area contributed by atoms with E-state index >= 15 is 0 Å². The first-order valence-electron chi connectivity index (χ1n) is 6.06. The van der Waals surface area contributed by atoms with E-state index in [1.807, 2.05) is 0 Å². The average molecular weight is 289 g/mol. The molecule has 0 bridgehead atoms. The molecule has 2 aromatic carbocycles. The van der Waals surface area contributed by atoms with Crippen LogP contribution in [0.4, 0.5) is 14.5 Å². The molecule has 0 aliphatic heterocycles. The fourth-order valence-corrected chi connectivity index (χ4v) is 2.10. The number of aromatic amines is 1. The molecule has 5 nitrogen and oxygen atoms in total. The number of fused-ring (bicyclic) bond motifs is 1. The van der Waals surface area contributed by atoms with Crippen molar-refractivity contribution in [2.24, 2.45) is 0 Å². The van der Waals surface area contributed by atoms with Gasteiger partial charge < -0.3 is 4.98 Å². The Hall–Kier alpha value is -2.83. The van der Waals surface area contributed by atoms with E-state index in [4.69, 9.17) is 0 Å². The number of H-pyrrole nitrogens is 1. The maximum absolute atomic E-state index is 13.2. The molecule has 1 N–H and O–H groups in total. The van der Waals surface area contributed by atoms with Crippen LogP contribution in [-0.2, 0) is 0 Å². The zero-order chi connectivity index (χ0) is 15.1. The van der Waals surface area contributed by atoms with Gasteiger partial charge in [0.05, 0.1) is 16.0 Å². The molecule has 0 unspecified atom stereocenters. The summed E-state index contributed by atoms with van der Waals surface area (Å²) in [6.07, 6.45) is 0. The van der Waals surface area contributed by atoms with Gasteiger partial charge >= 0.3 is 0 Å². The summed E-state index contributed by atoms with van der Waals surface area (Å²) >= 11 is 0. The minimum atomic E-state index is -0.990. The van der Waals surface area contributed by atoms with Gasteiger partial charge in [-0.1, -0.05) is 12.1 Å². The van der Waals surface area contributed by atoms with Crippen LogP contribution < -0.4 is 0 Å². The lowest BCUT2D eigenvalue weighted by Crippen LogP contribution is -1.92. The number of imidazole rings is 1. The standard InChI is InChI=1S/C14H9F2N3O2/c1-7-2-3-8(4-13(7)19(20)21)14-17-11-5-9(15)10(16)6-12(11)18-14/h2-6H,1H3,(H,17,18). The number of nitrogens with zero attached hydrogens (tertiary/aromatic N) is 2. The lowest BCUT2D eigenvalue weighted by molar-refractivity contribution is -0.385. The van der Waals surface area contributed by atoms with E-state index in [1.54, 1.807) is 19.1 Å². The number of nitro benzene ring substituents is 1. The molecular formula is C14H9F2N3O2. The molecule has 3 rings (SSSR count). The molecule has 0 saturated carbocycles. The van der Waals surface area contributed by atoms with Crippen LogP contribution in [0.2, 0.25) is 0 Å². The maximum atomic E-state index is 13.2. The Morgan fingerprint density at radius 1 is 1.19 bits per heavy atom. The number of aryl methyl sites for hydroxylation is 1. The number of nitrogens with one attached hydrogen (secondary N) is 1. The number of nitro groups is 1. The summed E-state index contributed by atoms with van der Waals surface area (Å²) in [5.74, 6) is -1.65. The third kappa shape index (κ3) is 2.22. The van der Waals surface area contributed by atoms with Gasteiger partial charge in [-0.15, -0.1) is 0 Å². The highest BCUT2D eigenvalue weighted by Gasteiger charge is 2.15. The summed E-state index contributed by atoms with van der Waals surface area (Å²) < 4.78 is 26.3. The average Bonchev–Trinajstić information content (AvgIpc) is 2.82. The van der Waals surface area contributed by atoms with Crippen LogP contribution in [0.5, 0.6) is 0 Å². The molecule has 1 aromatic heterocycles. The summed E-state index contributed by atoms with van der Waals surface area (Å²) in [5, 5.41) is 10.9. The topological polar surface area (TPSA) is 71.8 Å². The predicted octanol–water partition coefficient (Wildman–Crippen LogP) is 3.72. The van der Waals surface area contributed by atoms with Crippen LogP contribution in [0.15, 0.2) is 30.3 Å². The van der Waals surface area contributed by atoms with E-state index in [9.17, 15) is 18.9 Å². The Balaban J connectivity index is 2.16. The van der Waals surface area contributed by atoms with Crippen molar-refractivity contribution < 1.29 is 13.7 Å². The first kappa shape index (κ1) is 13.2. The Bertz CT molecular complexity index is 835. The molecule has 0 saturated heterocycles. The minimum absolute atomic E-state index is 0.0367. The molecule has 0 aliphatic rings. The van der Waals surface area contributed by atoms with Gasteiger partial charge in [0, 0.05) is 29.3 Å². The molecule has 0 radical (unpaired) electrons. The van der Waals surface area contributed by atoms with Crippen LogP contribution in [0.3, 0.4) is 0 Å². The van der Waals surface area contributed by atoms with Gasteiger partial charge in [0.2, 0.25) is 0 Å². The third-order valence-electron chi connectivity index (χ3n) is 3.20. The van der Waals surface area contributed by atoms with Crippen molar-refractivity contribution in [2.75, 3.05) is 0 Å². The first-order valence-corrected chi connectivity index (χ1v) is 6.06. The van der Waals surface area contributed by atoms with E-state index in [-0.39, 0.29) is 11.2 Å². The molecule has 0 fully saturated rings. The van der Waals surface area contributed by atoms with Gasteiger partial charge in [0.1, 0.15) is 5.82 Å². The quantitative estimate of drug-likeness (QED) is 0.577. The second kappa shape index (κ2) is 4.62. The molecule has 7 heteroatoms. The van der Waals surface area contributed by atoms with E-state index in [1.165, 1.54) is 6.07 Å². The predicted molar refractivity (Wildman–Crippen MR) is 72.8 cm³/mol. The highest BCUT2D eigenvalue weighted by atomic mass is 19.2. The molecule has 21 heavy (non-hydrogen) atoms. The number of hydrogen-bond donors (Lipinski definition) is 1. The van der Waals surface area contributed by atoms with Gasteiger partial charge in [-0.3, -0.25) is 10.1 Å². The van der Waals surface area contributed by atoms with Crippen molar-refractivity contribution in [3.8, 4) is 11.4 Å². The summed E-state index contributed by atoms with van der Waals surface area (Å²) in [7, 11) is 0. The van der Waals surface area contributed by atoms with Gasteiger partial charge in [-0.05, 0) is 6.92 Å². The van der Waals surface area contributed by atoms with E-state index in [2.05, 4.69) is 9.97 Å². The fraction of sp³-hybridized carbons (Fsp3) is 0.0714. The lowest BCUT2D eigenvalue weighted by atomic mass is 10.1. The number of aromatic nitrogens is 2. The first-order chi connectivity index (χ1) is 9.95. The van der Waals surface area contributed by atoms with Crippen molar-refractivity contribution in [2.45, 2.75) is 6.92 Å². The van der Waals surface area contributed by atoms with Crippen LogP contribution >= 0.6 is 0 Å². The molecular weight excluding hydrogens is 280 g/mol. The Morgan fingerprint density at radius 2 is 1.90 bits per heavy atom. The van der Waals surface area contributed by atoms with Crippen molar-refractivity contribution in [1.29, 1.82) is 0 Å². The molecule has 106 valence electrons. The van der Waals surface area contributed by atoms with Crippen LogP contribution in [0, 0.1) is 28.7 Å². The summed E-state index contributed by atoms with van der Waals surface area (Å²) in [5.41, 5.74) is 1.55. The van der Waals surface area contributed by atoms with Crippen LogP contribution in [-0.4, -0.2) is 14.9 Å². The number of benzene rings is 2. The Kier molecular flexibility index (Phi) is 2.90. The number of rotatable bonds is 2. The highest BCUT2D eigenvalue weighted by Crippen LogP contribution is 2.27. The van der Waals surface area contributed by atoms with Crippen LogP contribution in [0.25, 0.3) is 22.4 Å². The molecule has 0 amide bonds. The largest absolute Gasteiger partial charge is 0.338 e. The highest BCUT2D eigenvalue weighted by molar-refractivity contribution is 5.80. The van der Waals surface area contributed by atoms with Gasteiger partial charge in [-0.25, -0.2) is 13.8 Å². The zero-order valence-electron chi connectivity index (χ0n) is 10.9. The van der Waals surface area contributed by atoms with Crippen molar-refractivity contribution in [1.82, 2.24) is 9.97 Å². The molecule has 0 spiro atoms. The Morgan fingerprint density at radius 3 is 2.62 bits per heavy atom. The lowest BCUT2D eigenvalue weighted by Gasteiger charge is -2.00. The number of halogens is 2. The van der Waals surface area contributed by atoms with Crippen LogP contribution in [0.1, 0.15) is 5.56 Å². The SMILES string of the molecule is Cc1ccc(-c2nc3cc(F)c(F)cc3[nH]2)cc1[N+](=O)[O-]. The van der Waals surface area contributed by atoms with Gasteiger partial charge in [0.15, 0.2) is 11.6 Å². The molecule has 1 heterocycles. The molecule has 0 aliphatic carbocycles. The van der Waals surface area contributed by atoms with E-state index in [0.717, 1.165) is 12.1 Å². The van der Waals surface area contributed by atoms with Gasteiger partial charge in [-0.2, -0.15) is 0 Å². The summed E-state index contributed by atoms with van der Waals surface area (Å²) in [6, 6.07) is 6.62. The smallest absolute Gasteiger partial charge is 0.273 e. The van der Waals surface area contributed by atoms with Crippen molar-refractivity contribution in [3.05, 3.63) is 57.6 Å². The second-order valence-electron chi connectivity index (χ2n) is 4.63. The minimum Gasteiger partial charge on any atom is -0.338 e. The monoisotopic (exact) mass is 289 g/mol. The van der Waals surface area contributed by atoms with Crippen molar-refractivity contribution >= 4 is 16.7 Å². The normalized spacial score (nSPS) is 11.0. The molecule has 0 atom stereocenters. The van der Waals surface area contributed by atoms with Gasteiger partial charge in [0.25, 0.3) is 5.69 Å². The molecule has 3 aromatic rings.